The van der Waals surface area contributed by atoms with Crippen LogP contribution in [0.3, 0.4) is 0 Å². The van der Waals surface area contributed by atoms with Crippen molar-refractivity contribution in [1.29, 1.82) is 0 Å². The molecule has 0 atom stereocenters. The van der Waals surface area contributed by atoms with Crippen LogP contribution in [0.5, 0.6) is 0 Å². The van der Waals surface area contributed by atoms with E-state index in [2.05, 4.69) is 20.6 Å². The first-order chi connectivity index (χ1) is 9.19. The van der Waals surface area contributed by atoms with Crippen LogP contribution in [-0.2, 0) is 20.1 Å². The van der Waals surface area contributed by atoms with Crippen LogP contribution in [0.25, 0.3) is 0 Å². The third-order valence-corrected chi connectivity index (χ3v) is 2.67. The van der Waals surface area contributed by atoms with E-state index < -0.39 is 0 Å². The largest absolute Gasteiger partial charge is 0.364 e. The highest BCUT2D eigenvalue weighted by atomic mass is 16.5. The van der Waals surface area contributed by atoms with E-state index in [1.807, 2.05) is 37.5 Å². The lowest BCUT2D eigenvalue weighted by Crippen LogP contribution is -2.38. The van der Waals surface area contributed by atoms with E-state index in [1.165, 1.54) is 0 Å². The predicted octanol–water partition coefficient (Wildman–Crippen LogP) is 0.615. The molecule has 0 aliphatic heterocycles. The van der Waals surface area contributed by atoms with Gasteiger partial charge in [-0.2, -0.15) is 5.10 Å². The molecule has 0 saturated carbocycles. The first-order valence-corrected chi connectivity index (χ1v) is 5.97. The zero-order valence-electron chi connectivity index (χ0n) is 11.4. The van der Waals surface area contributed by atoms with Gasteiger partial charge in [0.15, 0.2) is 5.96 Å². The van der Waals surface area contributed by atoms with Crippen molar-refractivity contribution in [2.45, 2.75) is 13.1 Å². The maximum Gasteiger partial charge on any atom is 0.194 e. The Balaban J connectivity index is 1.89. The molecule has 19 heavy (non-hydrogen) atoms. The Morgan fingerprint density at radius 3 is 3.00 bits per heavy atom. The highest BCUT2D eigenvalue weighted by Crippen LogP contribution is 2.01. The second-order valence-corrected chi connectivity index (χ2v) is 4.27. The van der Waals surface area contributed by atoms with E-state index in [1.54, 1.807) is 18.0 Å². The van der Waals surface area contributed by atoms with Crippen LogP contribution < -0.4 is 5.32 Å². The molecule has 0 fully saturated rings. The molecule has 102 valence electrons. The van der Waals surface area contributed by atoms with E-state index >= 15 is 0 Å². The third kappa shape index (κ3) is 3.57. The van der Waals surface area contributed by atoms with Crippen molar-refractivity contribution in [2.24, 2.45) is 12.0 Å². The van der Waals surface area contributed by atoms with Crippen LogP contribution in [0.15, 0.2) is 34.2 Å². The highest BCUT2D eigenvalue weighted by Gasteiger charge is 2.08. The minimum Gasteiger partial charge on any atom is -0.364 e. The fourth-order valence-electron chi connectivity index (χ4n) is 1.77. The molecule has 0 spiro atoms. The number of hydrogen-bond acceptors (Lipinski definition) is 4. The fraction of sp³-hybridized carbons (Fsp3) is 0.417. The first kappa shape index (κ1) is 13.1. The normalized spacial score (nSPS) is 11.6. The molecular weight excluding hydrogens is 244 g/mol. The quantitative estimate of drug-likeness (QED) is 0.646. The summed E-state index contributed by atoms with van der Waals surface area (Å²) in [6.07, 6.45) is 5.37. The highest BCUT2D eigenvalue weighted by molar-refractivity contribution is 5.79. The number of aryl methyl sites for hydroxylation is 1. The Labute approximate surface area is 111 Å². The molecule has 0 amide bonds. The van der Waals surface area contributed by atoms with E-state index in [-0.39, 0.29) is 0 Å². The van der Waals surface area contributed by atoms with E-state index in [9.17, 15) is 0 Å². The molecule has 0 aliphatic rings. The molecule has 2 rings (SSSR count). The lowest BCUT2D eigenvalue weighted by atomic mass is 10.3. The average molecular weight is 262 g/mol. The summed E-state index contributed by atoms with van der Waals surface area (Å²) in [5, 5.41) is 11.3. The van der Waals surface area contributed by atoms with Crippen molar-refractivity contribution < 1.29 is 4.52 Å². The number of nitrogens with zero attached hydrogens (tertiary/aromatic N) is 5. The maximum atomic E-state index is 4.81. The van der Waals surface area contributed by atoms with Gasteiger partial charge in [0.2, 0.25) is 0 Å². The fourth-order valence-corrected chi connectivity index (χ4v) is 1.77. The zero-order chi connectivity index (χ0) is 13.7. The number of hydrogen-bond donors (Lipinski definition) is 1. The third-order valence-electron chi connectivity index (χ3n) is 2.67. The summed E-state index contributed by atoms with van der Waals surface area (Å²) in [4.78, 5) is 6.22. The lowest BCUT2D eigenvalue weighted by molar-refractivity contribution is 0.391. The number of nitrogens with one attached hydrogen (secondary N) is 1. The Morgan fingerprint density at radius 2 is 2.42 bits per heavy atom. The Hall–Kier alpha value is -2.31. The summed E-state index contributed by atoms with van der Waals surface area (Å²) in [7, 11) is 5.60. The topological polar surface area (TPSA) is 71.5 Å². The van der Waals surface area contributed by atoms with Crippen molar-refractivity contribution in [1.82, 2.24) is 25.2 Å². The average Bonchev–Trinajstić information content (AvgIpc) is 3.02. The Kier molecular flexibility index (Phi) is 4.17. The van der Waals surface area contributed by atoms with Crippen LogP contribution in [0.2, 0.25) is 0 Å². The second-order valence-electron chi connectivity index (χ2n) is 4.27. The van der Waals surface area contributed by atoms with Gasteiger partial charge in [-0.25, -0.2) is 0 Å². The van der Waals surface area contributed by atoms with Crippen LogP contribution in [0, 0.1) is 0 Å². The molecular formula is C12H18N6O. The number of aromatic nitrogens is 3. The minimum atomic E-state index is 0.642. The molecule has 2 aromatic heterocycles. The van der Waals surface area contributed by atoms with Gasteiger partial charge in [0.05, 0.1) is 12.7 Å². The second kappa shape index (κ2) is 6.03. The molecule has 0 aromatic carbocycles. The minimum absolute atomic E-state index is 0.642. The molecule has 0 saturated heterocycles. The molecule has 7 nitrogen and oxygen atoms in total. The monoisotopic (exact) mass is 262 g/mol. The van der Waals surface area contributed by atoms with Crippen molar-refractivity contribution in [2.75, 3.05) is 14.1 Å². The Bertz CT molecular complexity index is 530. The van der Waals surface area contributed by atoms with Crippen LogP contribution in [0.1, 0.15) is 11.3 Å². The molecule has 0 bridgehead atoms. The summed E-state index contributed by atoms with van der Waals surface area (Å²) in [6.45, 7) is 1.33. The van der Waals surface area contributed by atoms with Gasteiger partial charge in [0.1, 0.15) is 12.0 Å². The molecule has 7 heteroatoms. The molecule has 0 unspecified atom stereocenters. The van der Waals surface area contributed by atoms with Gasteiger partial charge in [-0.3, -0.25) is 9.67 Å². The van der Waals surface area contributed by atoms with E-state index in [0.717, 1.165) is 17.2 Å². The molecule has 0 aliphatic carbocycles. The van der Waals surface area contributed by atoms with Crippen LogP contribution in [0.4, 0.5) is 0 Å². The maximum absolute atomic E-state index is 4.81. The standard InChI is InChI=1S/C12H18N6O/c1-13-12(14-6-10-7-15-18(3)8-10)17(2)9-11-4-5-19-16-11/h4-5,7-8H,6,9H2,1-3H3,(H,13,14). The smallest absolute Gasteiger partial charge is 0.194 e. The zero-order valence-corrected chi connectivity index (χ0v) is 11.4. The number of guanidine groups is 1. The molecule has 2 aromatic rings. The molecule has 0 radical (unpaired) electrons. The predicted molar refractivity (Wildman–Crippen MR) is 71.4 cm³/mol. The summed E-state index contributed by atoms with van der Waals surface area (Å²) in [5.41, 5.74) is 1.98. The summed E-state index contributed by atoms with van der Waals surface area (Å²) in [6, 6.07) is 1.84. The van der Waals surface area contributed by atoms with E-state index in [4.69, 9.17) is 4.52 Å². The van der Waals surface area contributed by atoms with Gasteiger partial charge in [-0.05, 0) is 0 Å². The summed E-state index contributed by atoms with van der Waals surface area (Å²) < 4.78 is 6.59. The summed E-state index contributed by atoms with van der Waals surface area (Å²) >= 11 is 0. The number of rotatable bonds is 4. The summed E-state index contributed by atoms with van der Waals surface area (Å²) in [5.74, 6) is 0.798. The van der Waals surface area contributed by atoms with Crippen molar-refractivity contribution in [3.63, 3.8) is 0 Å². The van der Waals surface area contributed by atoms with Gasteiger partial charge in [-0.1, -0.05) is 5.16 Å². The molecule has 1 N–H and O–H groups in total. The SMILES string of the molecule is CN=C(NCc1cnn(C)c1)N(C)Cc1ccon1. The van der Waals surface area contributed by atoms with Crippen molar-refractivity contribution >= 4 is 5.96 Å². The van der Waals surface area contributed by atoms with Gasteiger partial charge in [0, 0.05) is 45.5 Å². The van der Waals surface area contributed by atoms with Crippen molar-refractivity contribution in [3.8, 4) is 0 Å². The number of aliphatic imine (C=N–C) groups is 1. The van der Waals surface area contributed by atoms with Crippen molar-refractivity contribution in [3.05, 3.63) is 36.0 Å². The Morgan fingerprint density at radius 1 is 1.58 bits per heavy atom. The van der Waals surface area contributed by atoms with Gasteiger partial charge in [-0.15, -0.1) is 0 Å². The van der Waals surface area contributed by atoms with Crippen LogP contribution >= 0.6 is 0 Å². The van der Waals surface area contributed by atoms with E-state index in [0.29, 0.717) is 13.1 Å². The van der Waals surface area contributed by atoms with Gasteiger partial charge in [0.25, 0.3) is 0 Å². The molecule has 2 heterocycles. The van der Waals surface area contributed by atoms with Gasteiger partial charge < -0.3 is 14.7 Å². The van der Waals surface area contributed by atoms with Crippen LogP contribution in [-0.4, -0.2) is 39.9 Å². The lowest BCUT2D eigenvalue weighted by Gasteiger charge is -2.20. The first-order valence-electron chi connectivity index (χ1n) is 5.97. The van der Waals surface area contributed by atoms with Gasteiger partial charge >= 0.3 is 0 Å².